The maximum absolute atomic E-state index is 4.44. The first-order chi connectivity index (χ1) is 11.2. The molecule has 1 heterocycles. The highest BCUT2D eigenvalue weighted by Crippen LogP contribution is 2.28. The molecular weight excluding hydrogens is 278 g/mol. The van der Waals surface area contributed by atoms with Gasteiger partial charge < -0.3 is 0 Å². The van der Waals surface area contributed by atoms with Crippen LogP contribution in [0.25, 0.3) is 17.2 Å². The van der Waals surface area contributed by atoms with Crippen molar-refractivity contribution in [2.75, 3.05) is 0 Å². The van der Waals surface area contributed by atoms with E-state index < -0.39 is 0 Å². The van der Waals surface area contributed by atoms with E-state index >= 15 is 0 Å². The van der Waals surface area contributed by atoms with Crippen molar-refractivity contribution < 1.29 is 0 Å². The van der Waals surface area contributed by atoms with Crippen LogP contribution in [0.5, 0.6) is 0 Å². The van der Waals surface area contributed by atoms with Crippen molar-refractivity contribution in [2.45, 2.75) is 19.8 Å². The molecule has 0 radical (unpaired) electrons. The molecule has 1 aromatic heterocycles. The van der Waals surface area contributed by atoms with Crippen LogP contribution < -0.4 is 0 Å². The van der Waals surface area contributed by atoms with E-state index in [-0.39, 0.29) is 0 Å². The zero-order valence-electron chi connectivity index (χ0n) is 13.6. The van der Waals surface area contributed by atoms with Crippen molar-refractivity contribution in [1.82, 2.24) is 4.98 Å². The third-order valence-corrected chi connectivity index (χ3v) is 4.24. The van der Waals surface area contributed by atoms with Gasteiger partial charge in [-0.3, -0.25) is 4.98 Å². The minimum Gasteiger partial charge on any atom is -0.264 e. The molecule has 0 fully saturated rings. The molecule has 0 aliphatic heterocycles. The fraction of sp³-hybridized carbons (Fsp3) is 0.136. The third kappa shape index (κ3) is 3.75. The Morgan fingerprint density at radius 3 is 2.22 bits per heavy atom. The van der Waals surface area contributed by atoms with Gasteiger partial charge in [0.05, 0.1) is 0 Å². The van der Waals surface area contributed by atoms with E-state index in [1.165, 1.54) is 27.8 Å². The Bertz CT molecular complexity index is 788. The lowest BCUT2D eigenvalue weighted by atomic mass is 9.92. The summed E-state index contributed by atoms with van der Waals surface area (Å²) in [6, 6.07) is 23.1. The van der Waals surface area contributed by atoms with E-state index in [2.05, 4.69) is 79.5 Å². The maximum atomic E-state index is 4.44. The van der Waals surface area contributed by atoms with Gasteiger partial charge in [0.15, 0.2) is 0 Å². The minimum atomic E-state index is 0.339. The minimum absolute atomic E-state index is 0.339. The summed E-state index contributed by atoms with van der Waals surface area (Å²) in [5, 5.41) is 0. The summed E-state index contributed by atoms with van der Waals surface area (Å²) in [5.41, 5.74) is 6.20. The molecule has 1 nitrogen and oxygen atoms in total. The number of benzene rings is 2. The van der Waals surface area contributed by atoms with E-state index in [0.717, 1.165) is 0 Å². The van der Waals surface area contributed by atoms with Gasteiger partial charge >= 0.3 is 0 Å². The van der Waals surface area contributed by atoms with Crippen molar-refractivity contribution >= 4 is 6.08 Å². The standard InChI is InChI=1S/C22H21N/c1-17(13-19-9-5-3-6-10-19)18(2)21-14-22(16-23-15-21)20-11-7-4-8-12-20/h3-16,18H,1-2H3. The summed E-state index contributed by atoms with van der Waals surface area (Å²) in [4.78, 5) is 4.44. The zero-order chi connectivity index (χ0) is 16.1. The van der Waals surface area contributed by atoms with Crippen LogP contribution in [-0.2, 0) is 0 Å². The predicted molar refractivity (Wildman–Crippen MR) is 98.2 cm³/mol. The van der Waals surface area contributed by atoms with Gasteiger partial charge in [0.2, 0.25) is 0 Å². The van der Waals surface area contributed by atoms with E-state index in [9.17, 15) is 0 Å². The second-order valence-electron chi connectivity index (χ2n) is 5.89. The molecule has 1 heteroatoms. The highest BCUT2D eigenvalue weighted by atomic mass is 14.6. The maximum Gasteiger partial charge on any atom is 0.0346 e. The second kappa shape index (κ2) is 7.06. The van der Waals surface area contributed by atoms with Crippen LogP contribution in [0.1, 0.15) is 30.9 Å². The van der Waals surface area contributed by atoms with Crippen molar-refractivity contribution in [3.05, 3.63) is 95.8 Å². The van der Waals surface area contributed by atoms with E-state index in [4.69, 9.17) is 0 Å². The lowest BCUT2D eigenvalue weighted by molar-refractivity contribution is 0.892. The molecule has 0 N–H and O–H groups in total. The summed E-state index contributed by atoms with van der Waals surface area (Å²) in [6.07, 6.45) is 6.15. The van der Waals surface area contributed by atoms with Crippen LogP contribution >= 0.6 is 0 Å². The number of pyridine rings is 1. The lowest BCUT2D eigenvalue weighted by Crippen LogP contribution is -1.97. The predicted octanol–water partition coefficient (Wildman–Crippen LogP) is 5.96. The Kier molecular flexibility index (Phi) is 4.68. The topological polar surface area (TPSA) is 12.9 Å². The Labute approximate surface area is 138 Å². The molecule has 0 spiro atoms. The molecule has 0 aliphatic rings. The van der Waals surface area contributed by atoms with E-state index in [1.807, 2.05) is 24.5 Å². The van der Waals surface area contributed by atoms with Crippen molar-refractivity contribution in [3.8, 4) is 11.1 Å². The number of allylic oxidation sites excluding steroid dienone is 1. The Morgan fingerprint density at radius 1 is 0.870 bits per heavy atom. The first-order valence-corrected chi connectivity index (χ1v) is 7.97. The van der Waals surface area contributed by atoms with Gasteiger partial charge in [0.25, 0.3) is 0 Å². The molecule has 23 heavy (non-hydrogen) atoms. The second-order valence-corrected chi connectivity index (χ2v) is 5.89. The summed E-state index contributed by atoms with van der Waals surface area (Å²) in [5.74, 6) is 0.339. The van der Waals surface area contributed by atoms with Crippen LogP contribution in [0.3, 0.4) is 0 Å². The summed E-state index contributed by atoms with van der Waals surface area (Å²) in [7, 11) is 0. The summed E-state index contributed by atoms with van der Waals surface area (Å²) >= 11 is 0. The van der Waals surface area contributed by atoms with Crippen molar-refractivity contribution in [3.63, 3.8) is 0 Å². The van der Waals surface area contributed by atoms with Gasteiger partial charge in [-0.05, 0) is 29.7 Å². The SMILES string of the molecule is CC(=Cc1ccccc1)C(C)c1cncc(-c2ccccc2)c1. The van der Waals surface area contributed by atoms with Crippen molar-refractivity contribution in [2.24, 2.45) is 0 Å². The van der Waals surface area contributed by atoms with Crippen LogP contribution in [0.15, 0.2) is 84.7 Å². The fourth-order valence-corrected chi connectivity index (χ4v) is 2.68. The Hall–Kier alpha value is -2.67. The smallest absolute Gasteiger partial charge is 0.0346 e. The van der Waals surface area contributed by atoms with Crippen LogP contribution in [0, 0.1) is 0 Å². The van der Waals surface area contributed by atoms with Gasteiger partial charge in [-0.25, -0.2) is 0 Å². The van der Waals surface area contributed by atoms with E-state index in [0.29, 0.717) is 5.92 Å². The van der Waals surface area contributed by atoms with Crippen LogP contribution in [0.2, 0.25) is 0 Å². The molecule has 114 valence electrons. The molecule has 1 atom stereocenters. The van der Waals surface area contributed by atoms with Crippen molar-refractivity contribution in [1.29, 1.82) is 0 Å². The molecule has 0 aliphatic carbocycles. The van der Waals surface area contributed by atoms with E-state index in [1.54, 1.807) is 0 Å². The average molecular weight is 299 g/mol. The number of rotatable bonds is 4. The third-order valence-electron chi connectivity index (χ3n) is 4.24. The summed E-state index contributed by atoms with van der Waals surface area (Å²) < 4.78 is 0. The number of hydrogen-bond acceptors (Lipinski definition) is 1. The fourth-order valence-electron chi connectivity index (χ4n) is 2.68. The van der Waals surface area contributed by atoms with Gasteiger partial charge in [0.1, 0.15) is 0 Å². The molecule has 0 amide bonds. The van der Waals surface area contributed by atoms with Gasteiger partial charge in [-0.15, -0.1) is 0 Å². The summed E-state index contributed by atoms with van der Waals surface area (Å²) in [6.45, 7) is 4.42. The molecule has 2 aromatic carbocycles. The first kappa shape index (κ1) is 15.2. The van der Waals surface area contributed by atoms with Gasteiger partial charge in [0, 0.05) is 23.9 Å². The Morgan fingerprint density at radius 2 is 1.52 bits per heavy atom. The largest absolute Gasteiger partial charge is 0.264 e. The Balaban J connectivity index is 1.88. The molecule has 0 saturated heterocycles. The zero-order valence-corrected chi connectivity index (χ0v) is 13.6. The highest BCUT2D eigenvalue weighted by molar-refractivity contribution is 5.63. The molecule has 1 unspecified atom stereocenters. The lowest BCUT2D eigenvalue weighted by Gasteiger charge is -2.14. The first-order valence-electron chi connectivity index (χ1n) is 7.97. The number of nitrogens with zero attached hydrogens (tertiary/aromatic N) is 1. The number of hydrogen-bond donors (Lipinski definition) is 0. The number of aromatic nitrogens is 1. The molecule has 3 rings (SSSR count). The monoisotopic (exact) mass is 299 g/mol. The molecule has 0 bridgehead atoms. The van der Waals surface area contributed by atoms with Gasteiger partial charge in [-0.2, -0.15) is 0 Å². The average Bonchev–Trinajstić information content (AvgIpc) is 2.63. The molecular formula is C22H21N. The van der Waals surface area contributed by atoms with Crippen LogP contribution in [-0.4, -0.2) is 4.98 Å². The highest BCUT2D eigenvalue weighted by Gasteiger charge is 2.09. The normalized spacial score (nSPS) is 12.9. The quantitative estimate of drug-likeness (QED) is 0.579. The van der Waals surface area contributed by atoms with Crippen LogP contribution in [0.4, 0.5) is 0 Å². The molecule has 3 aromatic rings. The molecule has 0 saturated carbocycles. The van der Waals surface area contributed by atoms with Gasteiger partial charge in [-0.1, -0.05) is 79.2 Å².